The minimum absolute atomic E-state index is 0.233. The summed E-state index contributed by atoms with van der Waals surface area (Å²) in [6.45, 7) is 11.4. The molecule has 0 amide bonds. The first kappa shape index (κ1) is 18.8. The van der Waals surface area contributed by atoms with Crippen LogP contribution in [0.1, 0.15) is 46.5 Å². The highest BCUT2D eigenvalue weighted by Gasteiger charge is 2.06. The van der Waals surface area contributed by atoms with Crippen LogP contribution in [-0.4, -0.2) is 52.2 Å². The molecule has 0 saturated carbocycles. The Kier molecular flexibility index (Phi) is 12.7. The summed E-state index contributed by atoms with van der Waals surface area (Å²) in [5.41, 5.74) is 0.233. The average Bonchev–Trinajstić information content (AvgIpc) is 2.34. The Hall–Kier alpha value is -0.160. The van der Waals surface area contributed by atoms with Crippen molar-refractivity contribution in [1.82, 2.24) is 5.32 Å². The zero-order chi connectivity index (χ0) is 14.4. The van der Waals surface area contributed by atoms with Gasteiger partial charge < -0.3 is 19.5 Å². The number of ether oxygens (including phenoxy) is 3. The molecule has 0 heterocycles. The van der Waals surface area contributed by atoms with Crippen molar-refractivity contribution in [2.45, 2.75) is 52.0 Å². The zero-order valence-electron chi connectivity index (χ0n) is 13.3. The van der Waals surface area contributed by atoms with E-state index in [1.54, 1.807) is 7.11 Å². The first-order valence-corrected chi connectivity index (χ1v) is 7.46. The van der Waals surface area contributed by atoms with Crippen LogP contribution >= 0.6 is 0 Å². The number of nitrogens with one attached hydrogen (secondary N) is 1. The van der Waals surface area contributed by atoms with E-state index in [0.717, 1.165) is 39.2 Å². The molecule has 0 bridgehead atoms. The highest BCUT2D eigenvalue weighted by atomic mass is 16.5. The van der Waals surface area contributed by atoms with E-state index in [2.05, 4.69) is 26.1 Å². The minimum Gasteiger partial charge on any atom is -0.385 e. The van der Waals surface area contributed by atoms with E-state index in [1.165, 1.54) is 12.8 Å². The van der Waals surface area contributed by atoms with E-state index in [-0.39, 0.29) is 5.54 Å². The molecule has 0 rings (SSSR count). The Balaban J connectivity index is 2.99. The van der Waals surface area contributed by atoms with Crippen molar-refractivity contribution in [2.24, 2.45) is 0 Å². The summed E-state index contributed by atoms with van der Waals surface area (Å²) < 4.78 is 15.9. The van der Waals surface area contributed by atoms with Crippen molar-refractivity contribution in [3.05, 3.63) is 0 Å². The lowest BCUT2D eigenvalue weighted by Gasteiger charge is -2.20. The first-order valence-electron chi connectivity index (χ1n) is 7.46. The normalized spacial score (nSPS) is 12.0. The molecule has 4 nitrogen and oxygen atoms in total. The number of hydrogen-bond acceptors (Lipinski definition) is 4. The van der Waals surface area contributed by atoms with Crippen LogP contribution in [0.5, 0.6) is 0 Å². The molecule has 0 aliphatic carbocycles. The SMILES string of the molecule is COCCCOCCOCCCCCNC(C)(C)C. The molecule has 0 aromatic heterocycles. The maximum atomic E-state index is 5.51. The van der Waals surface area contributed by atoms with Crippen LogP contribution in [0.2, 0.25) is 0 Å². The van der Waals surface area contributed by atoms with Gasteiger partial charge in [-0.05, 0) is 53.0 Å². The number of methoxy groups -OCH3 is 1. The van der Waals surface area contributed by atoms with Gasteiger partial charge in [0.2, 0.25) is 0 Å². The van der Waals surface area contributed by atoms with Gasteiger partial charge in [0.15, 0.2) is 0 Å². The second-order valence-electron chi connectivity index (χ2n) is 5.81. The van der Waals surface area contributed by atoms with Gasteiger partial charge in [0.05, 0.1) is 13.2 Å². The Morgan fingerprint density at radius 2 is 1.37 bits per heavy atom. The lowest BCUT2D eigenvalue weighted by Crippen LogP contribution is -2.36. The fourth-order valence-corrected chi connectivity index (χ4v) is 1.60. The van der Waals surface area contributed by atoms with Crippen molar-refractivity contribution >= 4 is 0 Å². The largest absolute Gasteiger partial charge is 0.385 e. The maximum absolute atomic E-state index is 5.51. The third kappa shape index (κ3) is 17.8. The molecule has 4 heteroatoms. The molecule has 0 saturated heterocycles. The Morgan fingerprint density at radius 3 is 1.95 bits per heavy atom. The van der Waals surface area contributed by atoms with E-state index in [4.69, 9.17) is 14.2 Å². The van der Waals surface area contributed by atoms with Crippen LogP contribution in [-0.2, 0) is 14.2 Å². The second kappa shape index (κ2) is 12.9. The molecule has 0 radical (unpaired) electrons. The lowest BCUT2D eigenvalue weighted by atomic mass is 10.1. The summed E-state index contributed by atoms with van der Waals surface area (Å²) in [5, 5.41) is 3.49. The fourth-order valence-electron chi connectivity index (χ4n) is 1.60. The summed E-state index contributed by atoms with van der Waals surface area (Å²) in [6.07, 6.45) is 4.53. The van der Waals surface area contributed by atoms with Gasteiger partial charge in [-0.3, -0.25) is 0 Å². The van der Waals surface area contributed by atoms with Crippen molar-refractivity contribution in [3.63, 3.8) is 0 Å². The van der Waals surface area contributed by atoms with Crippen molar-refractivity contribution in [3.8, 4) is 0 Å². The van der Waals surface area contributed by atoms with Gasteiger partial charge in [0, 0.05) is 32.5 Å². The Morgan fingerprint density at radius 1 is 0.737 bits per heavy atom. The highest BCUT2D eigenvalue weighted by molar-refractivity contribution is 4.69. The number of hydrogen-bond donors (Lipinski definition) is 1. The van der Waals surface area contributed by atoms with Crippen LogP contribution in [0.15, 0.2) is 0 Å². The van der Waals surface area contributed by atoms with Gasteiger partial charge in [0.25, 0.3) is 0 Å². The highest BCUT2D eigenvalue weighted by Crippen LogP contribution is 2.00. The lowest BCUT2D eigenvalue weighted by molar-refractivity contribution is 0.0387. The van der Waals surface area contributed by atoms with Crippen molar-refractivity contribution in [2.75, 3.05) is 46.7 Å². The van der Waals surface area contributed by atoms with E-state index in [9.17, 15) is 0 Å². The number of unbranched alkanes of at least 4 members (excludes halogenated alkanes) is 2. The van der Waals surface area contributed by atoms with Gasteiger partial charge >= 0.3 is 0 Å². The predicted molar refractivity (Wildman–Crippen MR) is 79.7 cm³/mol. The molecular weight excluding hydrogens is 242 g/mol. The fraction of sp³-hybridized carbons (Fsp3) is 1.00. The number of rotatable bonds is 13. The van der Waals surface area contributed by atoms with Gasteiger partial charge in [0.1, 0.15) is 0 Å². The molecule has 0 unspecified atom stereocenters. The minimum atomic E-state index is 0.233. The Labute approximate surface area is 119 Å². The maximum Gasteiger partial charge on any atom is 0.0700 e. The first-order chi connectivity index (χ1) is 9.06. The smallest absolute Gasteiger partial charge is 0.0700 e. The summed E-state index contributed by atoms with van der Waals surface area (Å²) in [4.78, 5) is 0. The predicted octanol–water partition coefficient (Wildman–Crippen LogP) is 2.61. The van der Waals surface area contributed by atoms with E-state index < -0.39 is 0 Å². The van der Waals surface area contributed by atoms with Crippen LogP contribution in [0.4, 0.5) is 0 Å². The molecule has 0 aliphatic rings. The molecule has 0 spiro atoms. The third-order valence-electron chi connectivity index (χ3n) is 2.63. The molecule has 0 atom stereocenters. The van der Waals surface area contributed by atoms with Crippen LogP contribution < -0.4 is 5.32 Å². The molecule has 0 aliphatic heterocycles. The second-order valence-corrected chi connectivity index (χ2v) is 5.81. The van der Waals surface area contributed by atoms with Gasteiger partial charge in [-0.1, -0.05) is 0 Å². The van der Waals surface area contributed by atoms with Crippen molar-refractivity contribution < 1.29 is 14.2 Å². The van der Waals surface area contributed by atoms with E-state index >= 15 is 0 Å². The van der Waals surface area contributed by atoms with Gasteiger partial charge in [-0.2, -0.15) is 0 Å². The molecule has 0 aromatic rings. The Bertz CT molecular complexity index is 181. The topological polar surface area (TPSA) is 39.7 Å². The van der Waals surface area contributed by atoms with E-state index in [0.29, 0.717) is 13.2 Å². The molecule has 0 fully saturated rings. The third-order valence-corrected chi connectivity index (χ3v) is 2.63. The zero-order valence-corrected chi connectivity index (χ0v) is 13.3. The monoisotopic (exact) mass is 275 g/mol. The summed E-state index contributed by atoms with van der Waals surface area (Å²) >= 11 is 0. The molecule has 116 valence electrons. The summed E-state index contributed by atoms with van der Waals surface area (Å²) in [7, 11) is 1.71. The summed E-state index contributed by atoms with van der Waals surface area (Å²) in [5.74, 6) is 0. The van der Waals surface area contributed by atoms with Gasteiger partial charge in [-0.15, -0.1) is 0 Å². The van der Waals surface area contributed by atoms with Crippen LogP contribution in [0.25, 0.3) is 0 Å². The average molecular weight is 275 g/mol. The summed E-state index contributed by atoms with van der Waals surface area (Å²) in [6, 6.07) is 0. The molecule has 19 heavy (non-hydrogen) atoms. The quantitative estimate of drug-likeness (QED) is 0.525. The van der Waals surface area contributed by atoms with E-state index in [1.807, 2.05) is 0 Å². The van der Waals surface area contributed by atoms with Gasteiger partial charge in [-0.25, -0.2) is 0 Å². The van der Waals surface area contributed by atoms with Crippen LogP contribution in [0.3, 0.4) is 0 Å². The van der Waals surface area contributed by atoms with Crippen LogP contribution in [0, 0.1) is 0 Å². The standard InChI is InChI=1S/C15H33NO3/c1-15(2,3)16-9-6-5-7-11-18-13-14-19-12-8-10-17-4/h16H,5-14H2,1-4H3. The van der Waals surface area contributed by atoms with Crippen molar-refractivity contribution in [1.29, 1.82) is 0 Å². The molecule has 0 aromatic carbocycles. The molecule has 1 N–H and O–H groups in total. The molecular formula is C15H33NO3.